The van der Waals surface area contributed by atoms with Crippen molar-refractivity contribution in [2.45, 2.75) is 46.1 Å². The quantitative estimate of drug-likeness (QED) is 0.757. The molecule has 0 aromatic carbocycles. The minimum absolute atomic E-state index is 0.00269. The highest BCUT2D eigenvalue weighted by Gasteiger charge is 2.66. The van der Waals surface area contributed by atoms with Crippen LogP contribution in [0.4, 0.5) is 0 Å². The van der Waals surface area contributed by atoms with Crippen molar-refractivity contribution < 1.29 is 15.0 Å². The molecule has 1 spiro atoms. The molecule has 0 radical (unpaired) electrons. The van der Waals surface area contributed by atoms with Crippen molar-refractivity contribution in [3.05, 3.63) is 11.6 Å². The highest BCUT2D eigenvalue weighted by molar-refractivity contribution is 5.86. The maximum absolute atomic E-state index is 11.3. The van der Waals surface area contributed by atoms with Crippen LogP contribution >= 0.6 is 0 Å². The Kier molecular flexibility index (Phi) is 2.30. The summed E-state index contributed by atoms with van der Waals surface area (Å²) in [7, 11) is 0. The molecular formula is C15H21O3-. The van der Waals surface area contributed by atoms with Crippen LogP contribution in [0.3, 0.4) is 0 Å². The lowest BCUT2D eigenvalue weighted by Gasteiger charge is -2.36. The number of hydrogen-bond donors (Lipinski definition) is 1. The van der Waals surface area contributed by atoms with Crippen molar-refractivity contribution in [2.24, 2.45) is 28.6 Å². The van der Waals surface area contributed by atoms with Gasteiger partial charge < -0.3 is 15.0 Å². The molecule has 0 aromatic rings. The van der Waals surface area contributed by atoms with Crippen molar-refractivity contribution >= 4 is 5.97 Å². The van der Waals surface area contributed by atoms with E-state index in [1.54, 1.807) is 0 Å². The highest BCUT2D eigenvalue weighted by atomic mass is 16.4. The number of carbonyl (C=O) groups excluding carboxylic acids is 1. The molecule has 1 unspecified atom stereocenters. The largest absolute Gasteiger partial charge is 0.545 e. The van der Waals surface area contributed by atoms with Crippen LogP contribution in [0.15, 0.2) is 11.6 Å². The predicted molar refractivity (Wildman–Crippen MR) is 65.3 cm³/mol. The van der Waals surface area contributed by atoms with Gasteiger partial charge in [0.2, 0.25) is 0 Å². The first-order valence-electron chi connectivity index (χ1n) is 6.92. The maximum atomic E-state index is 11.3. The van der Waals surface area contributed by atoms with Crippen molar-refractivity contribution in [2.75, 3.05) is 0 Å². The van der Waals surface area contributed by atoms with Crippen LogP contribution in [0.2, 0.25) is 0 Å². The molecule has 100 valence electrons. The molecular weight excluding hydrogens is 228 g/mol. The number of carbonyl (C=O) groups is 1. The van der Waals surface area contributed by atoms with E-state index in [2.05, 4.69) is 20.8 Å². The molecule has 0 amide bonds. The molecule has 18 heavy (non-hydrogen) atoms. The van der Waals surface area contributed by atoms with Gasteiger partial charge in [0.1, 0.15) is 0 Å². The number of carboxylic acids is 1. The van der Waals surface area contributed by atoms with Crippen molar-refractivity contribution in [3.8, 4) is 0 Å². The van der Waals surface area contributed by atoms with E-state index in [1.807, 2.05) is 6.08 Å². The molecule has 3 heteroatoms. The zero-order chi connectivity index (χ0) is 13.3. The Bertz CT molecular complexity index is 437. The Morgan fingerprint density at radius 3 is 2.72 bits per heavy atom. The van der Waals surface area contributed by atoms with Crippen molar-refractivity contribution in [3.63, 3.8) is 0 Å². The summed E-state index contributed by atoms with van der Waals surface area (Å²) in [5.74, 6) is -0.452. The molecule has 3 rings (SSSR count). The standard InChI is InChI=1S/C15H22O3/c1-8-4-5-10-9(13(17)18)6-11-12(16)14(2,3)7-15(8,10)11/h6,8,10-12,16H,4-5,7H2,1-3H3,(H,17,18)/p-1/t8-,10+,11?,12-,15+/m1/s1. The SMILES string of the molecule is C[C@@H]1CC[C@H]2C(C(=O)[O-])=CC3[C@@H](O)C(C)(C)C[C@]312. The minimum Gasteiger partial charge on any atom is -0.545 e. The zero-order valence-electron chi connectivity index (χ0n) is 11.3. The van der Waals surface area contributed by atoms with Gasteiger partial charge in [0.25, 0.3) is 0 Å². The molecule has 0 aromatic heterocycles. The first-order chi connectivity index (χ1) is 8.30. The van der Waals surface area contributed by atoms with Crippen molar-refractivity contribution in [1.82, 2.24) is 0 Å². The number of carboxylic acid groups (broad SMARTS) is 1. The summed E-state index contributed by atoms with van der Waals surface area (Å²) in [6.45, 7) is 6.41. The first-order valence-corrected chi connectivity index (χ1v) is 6.92. The molecule has 0 bridgehead atoms. The lowest BCUT2D eigenvalue weighted by Crippen LogP contribution is -2.35. The Balaban J connectivity index is 2.11. The van der Waals surface area contributed by atoms with Gasteiger partial charge in [-0.15, -0.1) is 0 Å². The molecule has 3 nitrogen and oxygen atoms in total. The first kappa shape index (κ1) is 12.2. The number of aliphatic hydroxyl groups excluding tert-OH is 1. The summed E-state index contributed by atoms with van der Waals surface area (Å²) < 4.78 is 0. The van der Waals surface area contributed by atoms with Crippen molar-refractivity contribution in [1.29, 1.82) is 0 Å². The Morgan fingerprint density at radius 2 is 2.11 bits per heavy atom. The van der Waals surface area contributed by atoms with Gasteiger partial charge in [0.05, 0.1) is 12.1 Å². The third-order valence-corrected chi connectivity index (χ3v) is 5.95. The molecule has 0 heterocycles. The molecule has 3 aliphatic rings. The van der Waals surface area contributed by atoms with Gasteiger partial charge in [0.15, 0.2) is 0 Å². The fraction of sp³-hybridized carbons (Fsp3) is 0.800. The summed E-state index contributed by atoms with van der Waals surface area (Å²) in [6.07, 6.45) is 4.30. The molecule has 5 atom stereocenters. The van der Waals surface area contributed by atoms with E-state index >= 15 is 0 Å². The second-order valence-electron chi connectivity index (χ2n) is 7.19. The van der Waals surface area contributed by atoms with Crippen LogP contribution in [0.25, 0.3) is 0 Å². The lowest BCUT2D eigenvalue weighted by atomic mass is 9.67. The predicted octanol–water partition coefficient (Wildman–Crippen LogP) is 1.12. The Labute approximate surface area is 108 Å². The molecule has 3 aliphatic carbocycles. The van der Waals surface area contributed by atoms with Crippen LogP contribution in [0, 0.1) is 28.6 Å². The minimum atomic E-state index is -1.03. The summed E-state index contributed by atoms with van der Waals surface area (Å²) >= 11 is 0. The summed E-state index contributed by atoms with van der Waals surface area (Å²) in [5, 5.41) is 21.8. The van der Waals surface area contributed by atoms with E-state index in [1.165, 1.54) is 0 Å². The van der Waals surface area contributed by atoms with Crippen LogP contribution in [0.5, 0.6) is 0 Å². The summed E-state index contributed by atoms with van der Waals surface area (Å²) in [6, 6.07) is 0. The van der Waals surface area contributed by atoms with E-state index in [9.17, 15) is 15.0 Å². The average molecular weight is 249 g/mol. The van der Waals surface area contributed by atoms with Crippen LogP contribution in [-0.4, -0.2) is 17.2 Å². The third kappa shape index (κ3) is 1.21. The normalized spacial score (nSPS) is 48.8. The maximum Gasteiger partial charge on any atom is 0.0674 e. The van der Waals surface area contributed by atoms with E-state index < -0.39 is 12.1 Å². The van der Waals surface area contributed by atoms with E-state index in [4.69, 9.17) is 0 Å². The number of hydrogen-bond acceptors (Lipinski definition) is 3. The molecule has 0 aliphatic heterocycles. The van der Waals surface area contributed by atoms with Gasteiger partial charge in [-0.2, -0.15) is 0 Å². The number of rotatable bonds is 1. The lowest BCUT2D eigenvalue weighted by molar-refractivity contribution is -0.300. The van der Waals surface area contributed by atoms with Crippen LogP contribution in [0.1, 0.15) is 40.0 Å². The molecule has 2 fully saturated rings. The smallest absolute Gasteiger partial charge is 0.0674 e. The molecule has 0 saturated heterocycles. The summed E-state index contributed by atoms with van der Waals surface area (Å²) in [5.41, 5.74) is 0.312. The Morgan fingerprint density at radius 1 is 1.44 bits per heavy atom. The highest BCUT2D eigenvalue weighted by Crippen LogP contribution is 2.70. The van der Waals surface area contributed by atoms with Gasteiger partial charge in [-0.25, -0.2) is 0 Å². The molecule has 1 N–H and O–H groups in total. The monoisotopic (exact) mass is 249 g/mol. The second-order valence-corrected chi connectivity index (χ2v) is 7.19. The third-order valence-electron chi connectivity index (χ3n) is 5.95. The van der Waals surface area contributed by atoms with Crippen LogP contribution in [-0.2, 0) is 4.79 Å². The van der Waals surface area contributed by atoms with E-state index in [0.717, 1.165) is 19.3 Å². The van der Waals surface area contributed by atoms with Gasteiger partial charge >= 0.3 is 0 Å². The average Bonchev–Trinajstić information content (AvgIpc) is 2.79. The Hall–Kier alpha value is -0.830. The number of aliphatic carboxylic acids is 1. The van der Waals surface area contributed by atoms with Gasteiger partial charge in [-0.05, 0) is 47.5 Å². The van der Waals surface area contributed by atoms with Crippen LogP contribution < -0.4 is 5.11 Å². The fourth-order valence-electron chi connectivity index (χ4n) is 5.16. The summed E-state index contributed by atoms with van der Waals surface area (Å²) in [4.78, 5) is 11.3. The van der Waals surface area contributed by atoms with E-state index in [0.29, 0.717) is 11.5 Å². The number of aliphatic hydroxyl groups is 1. The van der Waals surface area contributed by atoms with E-state index in [-0.39, 0.29) is 22.7 Å². The topological polar surface area (TPSA) is 60.4 Å². The van der Waals surface area contributed by atoms with Gasteiger partial charge in [-0.1, -0.05) is 26.8 Å². The molecule has 2 saturated carbocycles. The van der Waals surface area contributed by atoms with Gasteiger partial charge in [0, 0.05) is 5.92 Å². The fourth-order valence-corrected chi connectivity index (χ4v) is 5.16. The van der Waals surface area contributed by atoms with Gasteiger partial charge in [-0.3, -0.25) is 0 Å². The second kappa shape index (κ2) is 3.38. The zero-order valence-corrected chi connectivity index (χ0v) is 11.3.